The summed E-state index contributed by atoms with van der Waals surface area (Å²) in [6, 6.07) is 2.97. The zero-order chi connectivity index (χ0) is 14.0. The van der Waals surface area contributed by atoms with E-state index in [1.54, 1.807) is 12.1 Å². The van der Waals surface area contributed by atoms with Gasteiger partial charge in [0.05, 0.1) is 6.61 Å². The summed E-state index contributed by atoms with van der Waals surface area (Å²) in [4.78, 5) is 3.89. The number of hydrogen-bond acceptors (Lipinski definition) is 3. The van der Waals surface area contributed by atoms with E-state index >= 15 is 0 Å². The Bertz CT molecular complexity index is 451. The SMILES string of the molecule is OCC(NCc1ccc(Cl)nc1Cl)C1CC(F)(F)C1. The van der Waals surface area contributed by atoms with Gasteiger partial charge in [-0.2, -0.15) is 0 Å². The smallest absolute Gasteiger partial charge is 0.248 e. The van der Waals surface area contributed by atoms with Gasteiger partial charge in [0.2, 0.25) is 5.92 Å². The number of pyridine rings is 1. The Hall–Kier alpha value is -0.490. The molecule has 1 aliphatic carbocycles. The Morgan fingerprint density at radius 1 is 1.42 bits per heavy atom. The number of rotatable bonds is 5. The summed E-state index contributed by atoms with van der Waals surface area (Å²) in [5.74, 6) is -2.79. The standard InChI is InChI=1S/C12H14Cl2F2N2O/c13-10-2-1-7(11(14)18-10)5-17-9(6-19)8-3-12(15,16)4-8/h1-2,8-9,17,19H,3-6H2. The molecule has 7 heteroatoms. The van der Waals surface area contributed by atoms with Gasteiger partial charge in [0, 0.05) is 31.0 Å². The third-order valence-electron chi connectivity index (χ3n) is 3.33. The second-order valence-electron chi connectivity index (χ2n) is 4.78. The van der Waals surface area contributed by atoms with E-state index in [1.165, 1.54) is 0 Å². The second kappa shape index (κ2) is 5.87. The minimum atomic E-state index is -2.58. The molecule has 19 heavy (non-hydrogen) atoms. The molecular weight excluding hydrogens is 297 g/mol. The highest BCUT2D eigenvalue weighted by molar-refractivity contribution is 6.32. The van der Waals surface area contributed by atoms with E-state index in [2.05, 4.69) is 10.3 Å². The highest BCUT2D eigenvalue weighted by atomic mass is 35.5. The molecule has 0 bridgehead atoms. The molecule has 1 aromatic heterocycles. The molecule has 1 unspecified atom stereocenters. The van der Waals surface area contributed by atoms with E-state index in [4.69, 9.17) is 23.2 Å². The van der Waals surface area contributed by atoms with Gasteiger partial charge in [-0.1, -0.05) is 29.3 Å². The quantitative estimate of drug-likeness (QED) is 0.822. The van der Waals surface area contributed by atoms with Crippen molar-refractivity contribution in [1.82, 2.24) is 10.3 Å². The van der Waals surface area contributed by atoms with Crippen molar-refractivity contribution in [2.75, 3.05) is 6.61 Å². The molecule has 1 aromatic rings. The highest BCUT2D eigenvalue weighted by Crippen LogP contribution is 2.44. The molecule has 106 valence electrons. The van der Waals surface area contributed by atoms with E-state index in [9.17, 15) is 13.9 Å². The number of alkyl halides is 2. The minimum absolute atomic E-state index is 0.181. The molecule has 0 radical (unpaired) electrons. The van der Waals surface area contributed by atoms with Crippen molar-refractivity contribution in [3.63, 3.8) is 0 Å². The molecule has 1 fully saturated rings. The fourth-order valence-corrected chi connectivity index (χ4v) is 2.60. The Morgan fingerprint density at radius 3 is 2.63 bits per heavy atom. The van der Waals surface area contributed by atoms with Crippen LogP contribution >= 0.6 is 23.2 Å². The van der Waals surface area contributed by atoms with Crippen molar-refractivity contribution in [2.24, 2.45) is 5.92 Å². The van der Waals surface area contributed by atoms with Gasteiger partial charge in [0.1, 0.15) is 10.3 Å². The molecule has 1 aliphatic rings. The third kappa shape index (κ3) is 3.75. The van der Waals surface area contributed by atoms with Crippen LogP contribution in [-0.2, 0) is 6.54 Å². The molecule has 0 amide bonds. The Morgan fingerprint density at radius 2 is 2.11 bits per heavy atom. The first-order valence-electron chi connectivity index (χ1n) is 5.94. The first kappa shape index (κ1) is 14.9. The van der Waals surface area contributed by atoms with Crippen LogP contribution in [0.3, 0.4) is 0 Å². The van der Waals surface area contributed by atoms with Crippen LogP contribution < -0.4 is 5.32 Å². The maximum atomic E-state index is 12.8. The molecule has 1 heterocycles. The minimum Gasteiger partial charge on any atom is -0.395 e. The van der Waals surface area contributed by atoms with E-state index < -0.39 is 5.92 Å². The van der Waals surface area contributed by atoms with Crippen LogP contribution in [0.1, 0.15) is 18.4 Å². The molecule has 1 atom stereocenters. The molecular formula is C12H14Cl2F2N2O. The summed E-state index contributed by atoms with van der Waals surface area (Å²) in [5, 5.41) is 12.9. The number of hydrogen-bond donors (Lipinski definition) is 2. The number of halogens is 4. The molecule has 2 N–H and O–H groups in total. The van der Waals surface area contributed by atoms with E-state index in [-0.39, 0.29) is 36.6 Å². The molecule has 0 aliphatic heterocycles. The molecule has 3 nitrogen and oxygen atoms in total. The average molecular weight is 311 g/mol. The van der Waals surface area contributed by atoms with Crippen molar-refractivity contribution < 1.29 is 13.9 Å². The predicted molar refractivity (Wildman–Crippen MR) is 69.6 cm³/mol. The van der Waals surface area contributed by atoms with Crippen molar-refractivity contribution >= 4 is 23.2 Å². The van der Waals surface area contributed by atoms with Crippen LogP contribution in [0.4, 0.5) is 8.78 Å². The zero-order valence-electron chi connectivity index (χ0n) is 10.0. The third-order valence-corrected chi connectivity index (χ3v) is 3.87. The Kier molecular flexibility index (Phi) is 4.61. The van der Waals surface area contributed by atoms with Crippen molar-refractivity contribution in [1.29, 1.82) is 0 Å². The van der Waals surface area contributed by atoms with Gasteiger partial charge in [-0.25, -0.2) is 13.8 Å². The lowest BCUT2D eigenvalue weighted by Gasteiger charge is -2.39. The Balaban J connectivity index is 1.90. The molecule has 0 saturated heterocycles. The maximum absolute atomic E-state index is 12.8. The lowest BCUT2D eigenvalue weighted by Crippen LogP contribution is -2.49. The highest BCUT2D eigenvalue weighted by Gasteiger charge is 2.48. The van der Waals surface area contributed by atoms with Crippen molar-refractivity contribution in [3.8, 4) is 0 Å². The average Bonchev–Trinajstić information content (AvgIpc) is 2.29. The number of aliphatic hydroxyl groups is 1. The summed E-state index contributed by atoms with van der Waals surface area (Å²) >= 11 is 11.6. The second-order valence-corrected chi connectivity index (χ2v) is 5.52. The van der Waals surface area contributed by atoms with Crippen molar-refractivity contribution in [3.05, 3.63) is 28.0 Å². The van der Waals surface area contributed by atoms with E-state index in [1.807, 2.05) is 0 Å². The maximum Gasteiger partial charge on any atom is 0.248 e. The predicted octanol–water partition coefficient (Wildman–Crippen LogP) is 2.88. The van der Waals surface area contributed by atoms with Gasteiger partial charge in [-0.05, 0) is 12.0 Å². The molecule has 1 saturated carbocycles. The van der Waals surface area contributed by atoms with Gasteiger partial charge in [-0.15, -0.1) is 0 Å². The largest absolute Gasteiger partial charge is 0.395 e. The fraction of sp³-hybridized carbons (Fsp3) is 0.583. The van der Waals surface area contributed by atoms with E-state index in [0.717, 1.165) is 5.56 Å². The van der Waals surface area contributed by atoms with Crippen LogP contribution in [-0.4, -0.2) is 28.7 Å². The monoisotopic (exact) mass is 310 g/mol. The topological polar surface area (TPSA) is 45.1 Å². The van der Waals surface area contributed by atoms with Gasteiger partial charge < -0.3 is 10.4 Å². The normalized spacial score (nSPS) is 20.1. The summed E-state index contributed by atoms with van der Waals surface area (Å²) in [6.45, 7) is 0.176. The Labute approximate surface area is 119 Å². The molecule has 0 aromatic carbocycles. The fourth-order valence-electron chi connectivity index (χ4n) is 2.19. The van der Waals surface area contributed by atoms with Gasteiger partial charge in [0.15, 0.2) is 0 Å². The first-order valence-corrected chi connectivity index (χ1v) is 6.70. The van der Waals surface area contributed by atoms with Gasteiger partial charge in [-0.3, -0.25) is 0 Å². The number of aliphatic hydroxyl groups excluding tert-OH is 1. The summed E-state index contributed by atoms with van der Waals surface area (Å²) in [5.41, 5.74) is 0.718. The summed E-state index contributed by atoms with van der Waals surface area (Å²) in [6.07, 6.45) is -0.365. The van der Waals surface area contributed by atoms with Gasteiger partial charge in [0.25, 0.3) is 0 Å². The van der Waals surface area contributed by atoms with Crippen LogP contribution in [0, 0.1) is 5.92 Å². The van der Waals surface area contributed by atoms with Gasteiger partial charge >= 0.3 is 0 Å². The zero-order valence-corrected chi connectivity index (χ0v) is 11.6. The van der Waals surface area contributed by atoms with Crippen LogP contribution in [0.5, 0.6) is 0 Å². The first-order chi connectivity index (χ1) is 8.91. The number of nitrogens with zero attached hydrogens (tertiary/aromatic N) is 1. The van der Waals surface area contributed by atoms with Crippen LogP contribution in [0.25, 0.3) is 0 Å². The van der Waals surface area contributed by atoms with Crippen LogP contribution in [0.2, 0.25) is 10.3 Å². The lowest BCUT2D eigenvalue weighted by atomic mass is 9.76. The molecule has 0 spiro atoms. The van der Waals surface area contributed by atoms with Crippen molar-refractivity contribution in [2.45, 2.75) is 31.4 Å². The summed E-state index contributed by atoms with van der Waals surface area (Å²) < 4.78 is 25.6. The molecule has 2 rings (SSSR count). The van der Waals surface area contributed by atoms with E-state index in [0.29, 0.717) is 11.7 Å². The van der Waals surface area contributed by atoms with Crippen LogP contribution in [0.15, 0.2) is 12.1 Å². The number of nitrogens with one attached hydrogen (secondary N) is 1. The summed E-state index contributed by atoms with van der Waals surface area (Å²) in [7, 11) is 0. The number of aromatic nitrogens is 1. The lowest BCUT2D eigenvalue weighted by molar-refractivity contribution is -0.122.